The average molecular weight is 531 g/mol. The molecule has 0 aromatic heterocycles. The summed E-state index contributed by atoms with van der Waals surface area (Å²) in [5.74, 6) is -1.44. The van der Waals surface area contributed by atoms with Crippen LogP contribution in [0.5, 0.6) is 0 Å². The molecule has 222 valence electrons. The predicted octanol–water partition coefficient (Wildman–Crippen LogP) is 9.29. The van der Waals surface area contributed by atoms with Gasteiger partial charge in [0.2, 0.25) is 0 Å². The fraction of sp³-hybridized carbons (Fsp3) is 0.903. The second-order valence-electron chi connectivity index (χ2n) is 13.7. The summed E-state index contributed by atoms with van der Waals surface area (Å²) in [6.07, 6.45) is 14.2. The van der Waals surface area contributed by atoms with Crippen LogP contribution in [-0.4, -0.2) is 35.2 Å². The fourth-order valence-corrected chi connectivity index (χ4v) is 3.42. The highest BCUT2D eigenvalue weighted by molar-refractivity contribution is 5.69. The van der Waals surface area contributed by atoms with E-state index in [-0.39, 0.29) is 5.97 Å². The van der Waals surface area contributed by atoms with Gasteiger partial charge in [0.05, 0.1) is 7.11 Å². The second kappa shape index (κ2) is 22.4. The first-order valence-corrected chi connectivity index (χ1v) is 14.3. The van der Waals surface area contributed by atoms with Crippen LogP contribution >= 0.6 is 0 Å². The zero-order valence-corrected chi connectivity index (χ0v) is 26.1. The molecule has 0 bridgehead atoms. The Morgan fingerprint density at radius 2 is 0.757 bits per heavy atom. The number of carbonyl (C=O) groups excluding carboxylic acids is 1. The van der Waals surface area contributed by atoms with Crippen LogP contribution in [0.3, 0.4) is 0 Å². The maximum Gasteiger partial charge on any atom is 0.305 e. The molecule has 0 aromatic carbocycles. The van der Waals surface area contributed by atoms with Crippen LogP contribution in [-0.2, 0) is 19.1 Å². The standard InChI is InChI=1S/C11H22O2.2C10H20O2/c1-11(2,3)9-7-5-6-8-10(12)13-4;2*1-10(2,3)8-6-4-5-7-9(11)12/h5-9H2,1-4H3;2*4-8H2,1-3H3,(H,11,12). The molecule has 0 fully saturated rings. The molecule has 0 atom stereocenters. The molecule has 0 aliphatic carbocycles. The number of hydrogen-bond acceptors (Lipinski definition) is 4. The minimum Gasteiger partial charge on any atom is -0.481 e. The first-order valence-electron chi connectivity index (χ1n) is 14.3. The van der Waals surface area contributed by atoms with E-state index < -0.39 is 11.9 Å². The third-order valence-corrected chi connectivity index (χ3v) is 5.67. The Hall–Kier alpha value is -1.59. The molecule has 0 aliphatic rings. The van der Waals surface area contributed by atoms with E-state index in [9.17, 15) is 14.4 Å². The van der Waals surface area contributed by atoms with Gasteiger partial charge in [-0.25, -0.2) is 0 Å². The Bertz CT molecular complexity index is 542. The molecular formula is C31H62O6. The normalized spacial score (nSPS) is 11.5. The van der Waals surface area contributed by atoms with E-state index in [2.05, 4.69) is 67.1 Å². The monoisotopic (exact) mass is 530 g/mol. The summed E-state index contributed by atoms with van der Waals surface area (Å²) in [5.41, 5.74) is 1.21. The predicted molar refractivity (Wildman–Crippen MR) is 155 cm³/mol. The van der Waals surface area contributed by atoms with E-state index in [0.717, 1.165) is 51.4 Å². The van der Waals surface area contributed by atoms with Crippen LogP contribution in [0, 0.1) is 16.2 Å². The Morgan fingerprint density at radius 3 is 0.973 bits per heavy atom. The van der Waals surface area contributed by atoms with Gasteiger partial charge in [0, 0.05) is 19.3 Å². The van der Waals surface area contributed by atoms with Crippen LogP contribution < -0.4 is 0 Å². The molecule has 0 saturated heterocycles. The zero-order valence-electron chi connectivity index (χ0n) is 26.1. The minimum atomic E-state index is -0.675. The molecule has 2 N–H and O–H groups in total. The summed E-state index contributed by atoms with van der Waals surface area (Å²) in [6.45, 7) is 20.0. The summed E-state index contributed by atoms with van der Waals surface area (Å²) in [5, 5.41) is 16.7. The Kier molecular flexibility index (Phi) is 24.2. The molecular weight excluding hydrogens is 468 g/mol. The highest BCUT2D eigenvalue weighted by Gasteiger charge is 2.10. The van der Waals surface area contributed by atoms with Crippen molar-refractivity contribution in [2.75, 3.05) is 7.11 Å². The van der Waals surface area contributed by atoms with Gasteiger partial charge >= 0.3 is 17.9 Å². The van der Waals surface area contributed by atoms with Crippen LogP contribution in [0.25, 0.3) is 0 Å². The lowest BCUT2D eigenvalue weighted by Crippen LogP contribution is -2.04. The highest BCUT2D eigenvalue weighted by atomic mass is 16.5. The molecule has 0 aromatic rings. The first kappa shape index (κ1) is 39.9. The number of unbranched alkanes of at least 4 members (excludes halogenated alkanes) is 6. The Labute approximate surface area is 229 Å². The largest absolute Gasteiger partial charge is 0.481 e. The van der Waals surface area contributed by atoms with E-state index >= 15 is 0 Å². The van der Waals surface area contributed by atoms with Gasteiger partial charge < -0.3 is 14.9 Å². The van der Waals surface area contributed by atoms with Crippen molar-refractivity contribution >= 4 is 17.9 Å². The molecule has 6 nitrogen and oxygen atoms in total. The van der Waals surface area contributed by atoms with Crippen molar-refractivity contribution < 1.29 is 29.3 Å². The van der Waals surface area contributed by atoms with Gasteiger partial charge in [0.15, 0.2) is 0 Å². The molecule has 0 radical (unpaired) electrons. The van der Waals surface area contributed by atoms with Crippen LogP contribution in [0.2, 0.25) is 0 Å². The van der Waals surface area contributed by atoms with Crippen LogP contribution in [0.4, 0.5) is 0 Å². The Balaban J connectivity index is -0.000000469. The van der Waals surface area contributed by atoms with E-state index in [4.69, 9.17) is 10.2 Å². The van der Waals surface area contributed by atoms with Gasteiger partial charge in [-0.15, -0.1) is 0 Å². The number of methoxy groups -OCH3 is 1. The van der Waals surface area contributed by atoms with Gasteiger partial charge in [-0.1, -0.05) is 101 Å². The molecule has 0 heterocycles. The quantitative estimate of drug-likeness (QED) is 0.162. The van der Waals surface area contributed by atoms with Crippen molar-refractivity contribution in [3.8, 4) is 0 Å². The molecule has 37 heavy (non-hydrogen) atoms. The molecule has 0 aliphatic heterocycles. The fourth-order valence-electron chi connectivity index (χ4n) is 3.42. The molecule has 6 heteroatoms. The molecule has 0 unspecified atom stereocenters. The zero-order chi connectivity index (χ0) is 29.5. The van der Waals surface area contributed by atoms with Gasteiger partial charge in [-0.3, -0.25) is 14.4 Å². The van der Waals surface area contributed by atoms with Crippen molar-refractivity contribution in [2.45, 2.75) is 159 Å². The lowest BCUT2D eigenvalue weighted by atomic mass is 9.89. The summed E-state index contributed by atoms with van der Waals surface area (Å²) < 4.78 is 4.56. The van der Waals surface area contributed by atoms with Gasteiger partial charge in [-0.05, 0) is 54.8 Å². The van der Waals surface area contributed by atoms with Crippen molar-refractivity contribution in [3.63, 3.8) is 0 Å². The number of carboxylic acid groups (broad SMARTS) is 2. The van der Waals surface area contributed by atoms with Crippen molar-refractivity contribution in [1.82, 2.24) is 0 Å². The number of ether oxygens (including phenoxy) is 1. The number of esters is 1. The number of carboxylic acids is 2. The van der Waals surface area contributed by atoms with E-state index in [1.807, 2.05) is 0 Å². The second-order valence-corrected chi connectivity index (χ2v) is 13.7. The Morgan fingerprint density at radius 1 is 0.486 bits per heavy atom. The average Bonchev–Trinajstić information content (AvgIpc) is 2.71. The lowest BCUT2D eigenvalue weighted by molar-refractivity contribution is -0.141. The lowest BCUT2D eigenvalue weighted by Gasteiger charge is -2.17. The van der Waals surface area contributed by atoms with Gasteiger partial charge in [0.1, 0.15) is 0 Å². The summed E-state index contributed by atoms with van der Waals surface area (Å²) in [4.78, 5) is 31.1. The third kappa shape index (κ3) is 48.1. The minimum absolute atomic E-state index is 0.0873. The molecule has 0 amide bonds. The van der Waals surface area contributed by atoms with Crippen molar-refractivity contribution in [3.05, 3.63) is 0 Å². The summed E-state index contributed by atoms with van der Waals surface area (Å²) >= 11 is 0. The number of aliphatic carboxylic acids is 2. The van der Waals surface area contributed by atoms with Crippen molar-refractivity contribution in [2.24, 2.45) is 16.2 Å². The SMILES string of the molecule is CC(C)(C)CCCCCC(=O)O.CC(C)(C)CCCCCC(=O)O.COC(=O)CCCCCC(C)(C)C. The maximum atomic E-state index is 10.7. The maximum absolute atomic E-state index is 10.7. The van der Waals surface area contributed by atoms with Crippen LogP contribution in [0.15, 0.2) is 0 Å². The molecule has 0 rings (SSSR count). The summed E-state index contributed by atoms with van der Waals surface area (Å²) in [6, 6.07) is 0. The smallest absolute Gasteiger partial charge is 0.305 e. The van der Waals surface area contributed by atoms with Crippen molar-refractivity contribution in [1.29, 1.82) is 0 Å². The number of rotatable bonds is 15. The summed E-state index contributed by atoms with van der Waals surface area (Å²) in [7, 11) is 1.44. The first-order chi connectivity index (χ1) is 16.8. The topological polar surface area (TPSA) is 101 Å². The van der Waals surface area contributed by atoms with Crippen LogP contribution in [0.1, 0.15) is 159 Å². The molecule has 0 saturated carbocycles. The molecule has 0 spiro atoms. The van der Waals surface area contributed by atoms with Gasteiger partial charge in [0.25, 0.3) is 0 Å². The number of carbonyl (C=O) groups is 3. The van der Waals surface area contributed by atoms with E-state index in [1.165, 1.54) is 32.8 Å². The van der Waals surface area contributed by atoms with Gasteiger partial charge in [-0.2, -0.15) is 0 Å². The third-order valence-electron chi connectivity index (χ3n) is 5.67. The highest BCUT2D eigenvalue weighted by Crippen LogP contribution is 2.23. The van der Waals surface area contributed by atoms with E-state index in [0.29, 0.717) is 35.5 Å². The van der Waals surface area contributed by atoms with E-state index in [1.54, 1.807) is 0 Å². The number of hydrogen-bond donors (Lipinski definition) is 2.